The van der Waals surface area contributed by atoms with Crippen LogP contribution in [0.5, 0.6) is 0 Å². The van der Waals surface area contributed by atoms with Crippen LogP contribution in [0.2, 0.25) is 0 Å². The Labute approximate surface area is 157 Å². The molecule has 142 valence electrons. The average molecular weight is 387 g/mol. The summed E-state index contributed by atoms with van der Waals surface area (Å²) in [6.07, 6.45) is 2.12. The molecule has 0 aliphatic carbocycles. The summed E-state index contributed by atoms with van der Waals surface area (Å²) in [6, 6.07) is 6.59. The molecule has 0 saturated heterocycles. The smallest absolute Gasteiger partial charge is 0.268 e. The van der Waals surface area contributed by atoms with E-state index in [9.17, 15) is 8.42 Å². The number of sulfone groups is 1. The molecule has 2 heterocycles. The van der Waals surface area contributed by atoms with E-state index >= 15 is 0 Å². The van der Waals surface area contributed by atoms with Gasteiger partial charge in [0.25, 0.3) is 5.89 Å². The predicted octanol–water partition coefficient (Wildman–Crippen LogP) is 2.19. The Bertz CT molecular complexity index is 1040. The molecule has 2 aromatic heterocycles. The van der Waals surface area contributed by atoms with E-state index in [2.05, 4.69) is 20.2 Å². The lowest BCUT2D eigenvalue weighted by atomic mass is 10.1. The van der Waals surface area contributed by atoms with Gasteiger partial charge in [-0.1, -0.05) is 12.1 Å². The molecule has 27 heavy (non-hydrogen) atoms. The summed E-state index contributed by atoms with van der Waals surface area (Å²) >= 11 is 0. The van der Waals surface area contributed by atoms with Crippen LogP contribution in [0, 0.1) is 6.92 Å². The second-order valence-corrected chi connectivity index (χ2v) is 8.85. The molecule has 3 aromatic rings. The highest BCUT2D eigenvalue weighted by molar-refractivity contribution is 7.92. The van der Waals surface area contributed by atoms with Gasteiger partial charge >= 0.3 is 0 Å². The van der Waals surface area contributed by atoms with Crippen molar-refractivity contribution in [2.45, 2.75) is 37.3 Å². The second-order valence-electron chi connectivity index (χ2n) is 6.35. The average Bonchev–Trinajstić information content (AvgIpc) is 3.11. The van der Waals surface area contributed by atoms with Gasteiger partial charge in [0.15, 0.2) is 9.84 Å². The Morgan fingerprint density at radius 2 is 1.85 bits per heavy atom. The van der Waals surface area contributed by atoms with Crippen LogP contribution >= 0.6 is 0 Å². The van der Waals surface area contributed by atoms with Crippen LogP contribution in [0.25, 0.3) is 22.8 Å². The topological polar surface area (TPSA) is 125 Å². The number of aromatic nitrogens is 4. The standard InChI is InChI=1S/C18H21N5O3S/c1-11(2)27(24,25)14-6-4-13(5-7-14)15-10-20-12(3)17(21-15)18-23-22-16(26-18)8-9-19/h4-7,10-11H,8-9,19H2,1-3H3. The highest BCUT2D eigenvalue weighted by atomic mass is 32.2. The molecule has 0 aliphatic heterocycles. The van der Waals surface area contributed by atoms with Gasteiger partial charge in [0.2, 0.25) is 5.89 Å². The number of hydrogen-bond acceptors (Lipinski definition) is 8. The molecule has 0 fully saturated rings. The van der Waals surface area contributed by atoms with Crippen molar-refractivity contribution in [2.75, 3.05) is 6.54 Å². The first kappa shape index (κ1) is 19.1. The van der Waals surface area contributed by atoms with Crippen LogP contribution in [0.4, 0.5) is 0 Å². The van der Waals surface area contributed by atoms with Gasteiger partial charge in [-0.3, -0.25) is 4.98 Å². The lowest BCUT2D eigenvalue weighted by Gasteiger charge is -2.09. The minimum Gasteiger partial charge on any atom is -0.419 e. The molecule has 2 N–H and O–H groups in total. The minimum absolute atomic E-state index is 0.282. The summed E-state index contributed by atoms with van der Waals surface area (Å²) in [7, 11) is -3.32. The quantitative estimate of drug-likeness (QED) is 0.682. The highest BCUT2D eigenvalue weighted by Crippen LogP contribution is 2.25. The van der Waals surface area contributed by atoms with Crippen molar-refractivity contribution >= 4 is 9.84 Å². The van der Waals surface area contributed by atoms with Crippen molar-refractivity contribution in [1.29, 1.82) is 0 Å². The van der Waals surface area contributed by atoms with Crippen LogP contribution in [-0.2, 0) is 16.3 Å². The third-order valence-electron chi connectivity index (χ3n) is 4.08. The Morgan fingerprint density at radius 1 is 1.15 bits per heavy atom. The number of hydrogen-bond donors (Lipinski definition) is 1. The lowest BCUT2D eigenvalue weighted by molar-refractivity contribution is 0.505. The number of nitrogens with zero attached hydrogens (tertiary/aromatic N) is 4. The van der Waals surface area contributed by atoms with E-state index in [4.69, 9.17) is 10.2 Å². The molecule has 8 nitrogen and oxygen atoms in total. The molecule has 0 spiro atoms. The summed E-state index contributed by atoms with van der Waals surface area (Å²) in [4.78, 5) is 9.21. The largest absolute Gasteiger partial charge is 0.419 e. The minimum atomic E-state index is -3.32. The SMILES string of the molecule is Cc1ncc(-c2ccc(S(=O)(=O)C(C)C)cc2)nc1-c1nnc(CCN)o1. The van der Waals surface area contributed by atoms with E-state index in [-0.39, 0.29) is 10.8 Å². The summed E-state index contributed by atoms with van der Waals surface area (Å²) in [6.45, 7) is 5.53. The molecule has 0 unspecified atom stereocenters. The fraction of sp³-hybridized carbons (Fsp3) is 0.333. The van der Waals surface area contributed by atoms with E-state index < -0.39 is 15.1 Å². The van der Waals surface area contributed by atoms with E-state index in [1.165, 1.54) is 0 Å². The highest BCUT2D eigenvalue weighted by Gasteiger charge is 2.19. The van der Waals surface area contributed by atoms with Gasteiger partial charge in [0.05, 0.1) is 27.7 Å². The Morgan fingerprint density at radius 3 is 2.48 bits per heavy atom. The number of aryl methyl sites for hydroxylation is 1. The maximum Gasteiger partial charge on any atom is 0.268 e. The third kappa shape index (κ3) is 3.88. The molecule has 0 radical (unpaired) electrons. The Hall–Kier alpha value is -2.65. The zero-order valence-corrected chi connectivity index (χ0v) is 16.2. The zero-order valence-electron chi connectivity index (χ0n) is 15.4. The van der Waals surface area contributed by atoms with Crippen molar-refractivity contribution in [3.63, 3.8) is 0 Å². The normalized spacial score (nSPS) is 11.9. The maximum atomic E-state index is 12.3. The van der Waals surface area contributed by atoms with Gasteiger partial charge in [-0.15, -0.1) is 10.2 Å². The van der Waals surface area contributed by atoms with Crippen molar-refractivity contribution in [2.24, 2.45) is 5.73 Å². The first-order valence-corrected chi connectivity index (χ1v) is 10.1. The van der Waals surface area contributed by atoms with Crippen LogP contribution in [0.1, 0.15) is 25.4 Å². The number of nitrogens with two attached hydrogens (primary N) is 1. The van der Waals surface area contributed by atoms with Crippen molar-refractivity contribution in [3.8, 4) is 22.8 Å². The van der Waals surface area contributed by atoms with Gasteiger partial charge in [0, 0.05) is 18.5 Å². The predicted molar refractivity (Wildman–Crippen MR) is 101 cm³/mol. The first-order chi connectivity index (χ1) is 12.8. The van der Waals surface area contributed by atoms with Crippen LogP contribution < -0.4 is 5.73 Å². The lowest BCUT2D eigenvalue weighted by Crippen LogP contribution is -2.13. The Balaban J connectivity index is 1.96. The van der Waals surface area contributed by atoms with Gasteiger partial charge in [0.1, 0.15) is 5.69 Å². The van der Waals surface area contributed by atoms with Crippen LogP contribution in [0.3, 0.4) is 0 Å². The molecule has 0 aliphatic rings. The molecule has 0 amide bonds. The number of rotatable bonds is 6. The van der Waals surface area contributed by atoms with Gasteiger partial charge in [-0.25, -0.2) is 13.4 Å². The number of benzene rings is 1. The summed E-state index contributed by atoms with van der Waals surface area (Å²) in [5.41, 5.74) is 7.97. The molecule has 0 saturated carbocycles. The van der Waals surface area contributed by atoms with E-state index in [1.807, 2.05) is 0 Å². The fourth-order valence-electron chi connectivity index (χ4n) is 2.45. The summed E-state index contributed by atoms with van der Waals surface area (Å²) < 4.78 is 30.1. The molecule has 3 rings (SSSR count). The monoisotopic (exact) mass is 387 g/mol. The Kier molecular flexibility index (Phi) is 5.33. The third-order valence-corrected chi connectivity index (χ3v) is 6.25. The second kappa shape index (κ2) is 7.53. The van der Waals surface area contributed by atoms with Crippen LogP contribution in [-0.4, -0.2) is 40.4 Å². The van der Waals surface area contributed by atoms with Gasteiger partial charge in [-0.2, -0.15) is 0 Å². The molecule has 0 bridgehead atoms. The van der Waals surface area contributed by atoms with E-state index in [0.717, 1.165) is 5.56 Å². The van der Waals surface area contributed by atoms with Crippen molar-refractivity contribution in [1.82, 2.24) is 20.2 Å². The van der Waals surface area contributed by atoms with E-state index in [0.29, 0.717) is 35.9 Å². The molecule has 1 aromatic carbocycles. The molecular formula is C18H21N5O3S. The maximum absolute atomic E-state index is 12.3. The first-order valence-electron chi connectivity index (χ1n) is 8.53. The summed E-state index contributed by atoms with van der Waals surface area (Å²) in [5, 5.41) is 7.48. The van der Waals surface area contributed by atoms with Crippen molar-refractivity contribution < 1.29 is 12.8 Å². The van der Waals surface area contributed by atoms with Gasteiger partial charge in [-0.05, 0) is 32.9 Å². The molecule has 0 atom stereocenters. The zero-order chi connectivity index (χ0) is 19.6. The van der Waals surface area contributed by atoms with Crippen molar-refractivity contribution in [3.05, 3.63) is 42.0 Å². The molecular weight excluding hydrogens is 366 g/mol. The van der Waals surface area contributed by atoms with Gasteiger partial charge < -0.3 is 10.2 Å². The van der Waals surface area contributed by atoms with E-state index in [1.54, 1.807) is 51.2 Å². The summed E-state index contributed by atoms with van der Waals surface area (Å²) in [5.74, 6) is 0.728. The van der Waals surface area contributed by atoms with Crippen LogP contribution in [0.15, 0.2) is 39.8 Å². The molecule has 9 heteroatoms. The fourth-order valence-corrected chi connectivity index (χ4v) is 3.51.